The number of hydrogen-bond acceptors (Lipinski definition) is 6. The maximum atomic E-state index is 13.9. The van der Waals surface area contributed by atoms with Crippen LogP contribution in [0.2, 0.25) is 0 Å². The number of rotatable bonds is 6. The molecule has 8 rings (SSSR count). The average molecular weight is 634 g/mol. The van der Waals surface area contributed by atoms with E-state index in [-0.39, 0.29) is 52.0 Å². The molecule has 9 heteroatoms. The van der Waals surface area contributed by atoms with E-state index in [9.17, 15) is 28.8 Å². The summed E-state index contributed by atoms with van der Waals surface area (Å²) in [5.74, 6) is 0. The van der Waals surface area contributed by atoms with Crippen molar-refractivity contribution in [3.05, 3.63) is 206 Å². The second-order valence-electron chi connectivity index (χ2n) is 11.5. The molecule has 3 heterocycles. The first kappa shape index (κ1) is 30.2. The second kappa shape index (κ2) is 12.4. The third kappa shape index (κ3) is 5.07. The van der Waals surface area contributed by atoms with Crippen molar-refractivity contribution >= 4 is 32.3 Å². The monoisotopic (exact) mass is 633 g/mol. The zero-order valence-corrected chi connectivity index (χ0v) is 25.5. The Morgan fingerprint density at radius 2 is 0.438 bits per heavy atom. The maximum absolute atomic E-state index is 13.9. The van der Waals surface area contributed by atoms with Crippen LogP contribution in [0.25, 0.3) is 32.3 Å². The molecule has 0 amide bonds. The van der Waals surface area contributed by atoms with Crippen molar-refractivity contribution in [1.82, 2.24) is 13.7 Å². The van der Waals surface area contributed by atoms with Crippen LogP contribution in [0.5, 0.6) is 0 Å². The lowest BCUT2D eigenvalue weighted by atomic mass is 10.0. The van der Waals surface area contributed by atoms with Crippen LogP contribution in [0.15, 0.2) is 156 Å². The minimum absolute atomic E-state index is 0.109. The van der Waals surface area contributed by atoms with Gasteiger partial charge in [-0.15, -0.1) is 0 Å². The van der Waals surface area contributed by atoms with E-state index < -0.39 is 33.4 Å². The van der Waals surface area contributed by atoms with Crippen LogP contribution < -0.4 is 33.4 Å². The van der Waals surface area contributed by atoms with Crippen molar-refractivity contribution < 1.29 is 0 Å². The quantitative estimate of drug-likeness (QED) is 0.275. The van der Waals surface area contributed by atoms with Crippen molar-refractivity contribution in [3.8, 4) is 0 Å². The van der Waals surface area contributed by atoms with Gasteiger partial charge in [0.15, 0.2) is 0 Å². The first-order valence-electron chi connectivity index (χ1n) is 15.3. The molecule has 9 nitrogen and oxygen atoms in total. The van der Waals surface area contributed by atoms with Gasteiger partial charge in [-0.05, 0) is 16.7 Å². The molecule has 0 saturated carbocycles. The third-order valence-corrected chi connectivity index (χ3v) is 8.47. The van der Waals surface area contributed by atoms with Crippen LogP contribution in [-0.4, -0.2) is 13.7 Å². The molecule has 234 valence electrons. The Hall–Kier alpha value is -6.48. The van der Waals surface area contributed by atoms with E-state index in [0.29, 0.717) is 16.7 Å². The highest BCUT2D eigenvalue weighted by Gasteiger charge is 2.31. The molecular weight excluding hydrogens is 606 g/mol. The molecule has 0 unspecified atom stereocenters. The minimum atomic E-state index is -0.789. The fraction of sp³-hybridized carbons (Fsp3) is 0.0769. The van der Waals surface area contributed by atoms with Crippen molar-refractivity contribution in [1.29, 1.82) is 0 Å². The Kier molecular flexibility index (Phi) is 7.78. The van der Waals surface area contributed by atoms with E-state index >= 15 is 0 Å². The number of nitrogens with zero attached hydrogens (tertiary/aromatic N) is 3. The fourth-order valence-electron chi connectivity index (χ4n) is 6.23. The highest BCUT2D eigenvalue weighted by atomic mass is 16.2. The van der Waals surface area contributed by atoms with Gasteiger partial charge in [0.2, 0.25) is 0 Å². The second-order valence-corrected chi connectivity index (χ2v) is 11.5. The van der Waals surface area contributed by atoms with E-state index in [1.165, 1.54) is 0 Å². The summed E-state index contributed by atoms with van der Waals surface area (Å²) < 4.78 is 2.86. The fourth-order valence-corrected chi connectivity index (χ4v) is 6.23. The molecule has 0 atom stereocenters. The molecule has 0 saturated heterocycles. The summed E-state index contributed by atoms with van der Waals surface area (Å²) in [4.78, 5) is 83.2. The van der Waals surface area contributed by atoms with E-state index in [2.05, 4.69) is 0 Å². The predicted octanol–water partition coefficient (Wildman–Crippen LogP) is 3.86. The van der Waals surface area contributed by atoms with Gasteiger partial charge in [0.25, 0.3) is 33.4 Å². The zero-order chi connectivity index (χ0) is 33.4. The lowest BCUT2D eigenvalue weighted by Gasteiger charge is -2.00. The largest absolute Gasteiger partial charge is 0.270 e. The number of hydrogen-bond donors (Lipinski definition) is 0. The molecule has 0 bridgehead atoms. The zero-order valence-electron chi connectivity index (χ0n) is 25.5. The molecule has 5 aromatic carbocycles. The highest BCUT2D eigenvalue weighted by molar-refractivity contribution is 6.25. The number of benzene rings is 5. The lowest BCUT2D eigenvalue weighted by molar-refractivity contribution is 0.753. The van der Waals surface area contributed by atoms with E-state index in [0.717, 1.165) is 13.7 Å². The predicted molar refractivity (Wildman–Crippen MR) is 187 cm³/mol. The smallest absolute Gasteiger partial charge is 0.262 e. The average Bonchev–Trinajstić information content (AvgIpc) is 3.62. The van der Waals surface area contributed by atoms with Crippen LogP contribution in [0.4, 0.5) is 0 Å². The van der Waals surface area contributed by atoms with Crippen LogP contribution in [0.3, 0.4) is 0 Å². The van der Waals surface area contributed by atoms with Gasteiger partial charge in [-0.2, -0.15) is 0 Å². The first-order chi connectivity index (χ1) is 23.4. The van der Waals surface area contributed by atoms with Crippen LogP contribution in [0.1, 0.15) is 16.7 Å². The van der Waals surface area contributed by atoms with Gasteiger partial charge in [-0.25, -0.2) is 0 Å². The summed E-state index contributed by atoms with van der Waals surface area (Å²) in [6.07, 6.45) is 0. The van der Waals surface area contributed by atoms with Crippen molar-refractivity contribution in [2.45, 2.75) is 19.6 Å². The highest BCUT2D eigenvalue weighted by Crippen LogP contribution is 2.26. The molecule has 0 aliphatic carbocycles. The van der Waals surface area contributed by atoms with E-state index in [1.54, 1.807) is 91.0 Å². The first-order valence-corrected chi connectivity index (χ1v) is 15.3. The lowest BCUT2D eigenvalue weighted by Crippen LogP contribution is -2.27. The molecule has 48 heavy (non-hydrogen) atoms. The summed E-state index contributed by atoms with van der Waals surface area (Å²) in [6.45, 7) is -0.326. The number of aromatic nitrogens is 3. The molecule has 0 fully saturated rings. The summed E-state index contributed by atoms with van der Waals surface area (Å²) in [5.41, 5.74) is -2.77. The van der Waals surface area contributed by atoms with Gasteiger partial charge in [0, 0.05) is 0 Å². The molecule has 0 aliphatic heterocycles. The van der Waals surface area contributed by atoms with Crippen molar-refractivity contribution in [2.24, 2.45) is 0 Å². The Bertz CT molecular complexity index is 2300. The third-order valence-electron chi connectivity index (χ3n) is 8.47. The van der Waals surface area contributed by atoms with Gasteiger partial charge in [-0.3, -0.25) is 42.5 Å². The van der Waals surface area contributed by atoms with Crippen molar-refractivity contribution in [2.75, 3.05) is 0 Å². The van der Waals surface area contributed by atoms with Gasteiger partial charge < -0.3 is 0 Å². The maximum Gasteiger partial charge on any atom is 0.262 e. The Labute approximate surface area is 271 Å². The van der Waals surface area contributed by atoms with E-state index in [1.807, 2.05) is 36.4 Å². The van der Waals surface area contributed by atoms with Crippen LogP contribution >= 0.6 is 0 Å². The minimum Gasteiger partial charge on any atom is -0.270 e. The summed E-state index contributed by atoms with van der Waals surface area (Å²) >= 11 is 0. The standard InChI is InChI=1S/C33H21N3O6.C6H6/c37-28-22-23(29(38)34(28)16-19-10-4-1-5-11-19)25-27(33(42)36(31(25)40)18-21-14-8-3-9-15-21)26-24(22)30(39)35(32(26)41)17-20-12-6-2-7-13-20;1-2-4-6-5-3-1/h1-15H,16-18H2;1-6H. The Balaban J connectivity index is 0.000000550. The molecule has 8 aromatic rings. The molecular formula is C39H27N3O6. The molecule has 0 radical (unpaired) electrons. The molecule has 0 aliphatic rings. The van der Waals surface area contributed by atoms with E-state index in [4.69, 9.17) is 0 Å². The topological polar surface area (TPSA) is 117 Å². The molecule has 0 spiro atoms. The molecule has 3 aromatic heterocycles. The Morgan fingerprint density at radius 3 is 0.625 bits per heavy atom. The van der Waals surface area contributed by atoms with Gasteiger partial charge in [0.1, 0.15) is 0 Å². The Morgan fingerprint density at radius 1 is 0.271 bits per heavy atom. The number of fused-ring (bicyclic) bond motifs is 6. The van der Waals surface area contributed by atoms with Crippen LogP contribution in [0, 0.1) is 0 Å². The van der Waals surface area contributed by atoms with Gasteiger partial charge in [-0.1, -0.05) is 127 Å². The van der Waals surface area contributed by atoms with Gasteiger partial charge in [0.05, 0.1) is 52.0 Å². The van der Waals surface area contributed by atoms with Crippen molar-refractivity contribution in [3.63, 3.8) is 0 Å². The van der Waals surface area contributed by atoms with Gasteiger partial charge >= 0.3 is 0 Å². The normalized spacial score (nSPS) is 11.2. The molecule has 0 N–H and O–H groups in total. The SMILES string of the molecule is O=c1c2c3c(=O)n(Cc4ccccc4)c(=O)c3c3c(=O)n(Cc4ccccc4)c(=O)c3c2c(=O)n1Cc1ccccc1.c1ccccc1. The summed E-state index contributed by atoms with van der Waals surface area (Å²) in [6, 6.07) is 38.4. The van der Waals surface area contributed by atoms with Crippen LogP contribution in [-0.2, 0) is 19.6 Å². The summed E-state index contributed by atoms with van der Waals surface area (Å²) in [5, 5.41) is -1.83. The summed E-state index contributed by atoms with van der Waals surface area (Å²) in [7, 11) is 0.